The highest BCUT2D eigenvalue weighted by atomic mass is 19.1. The molecule has 5 aromatic carbocycles. The molecule has 0 spiro atoms. The van der Waals surface area contributed by atoms with Crippen molar-refractivity contribution in [2.24, 2.45) is 0 Å². The van der Waals surface area contributed by atoms with E-state index < -0.39 is 6.67 Å². The van der Waals surface area contributed by atoms with Crippen molar-refractivity contribution in [3.05, 3.63) is 120 Å². The highest BCUT2D eigenvalue weighted by Gasteiger charge is 2.16. The van der Waals surface area contributed by atoms with Gasteiger partial charge in [-0.1, -0.05) is 91.0 Å². The monoisotopic (exact) mass is 433 g/mol. The van der Waals surface area contributed by atoms with Gasteiger partial charge in [0.25, 0.3) is 0 Å². The summed E-state index contributed by atoms with van der Waals surface area (Å²) < 4.78 is 13.0. The first-order valence-electron chi connectivity index (χ1n) is 11.6. The van der Waals surface area contributed by atoms with Gasteiger partial charge < -0.3 is 5.32 Å². The molecule has 5 aromatic rings. The Kier molecular flexibility index (Phi) is 5.93. The average molecular weight is 434 g/mol. The lowest BCUT2D eigenvalue weighted by atomic mass is 9.92. The van der Waals surface area contributed by atoms with Crippen LogP contribution in [-0.4, -0.2) is 0 Å². The van der Waals surface area contributed by atoms with Gasteiger partial charge in [0.2, 0.25) is 0 Å². The van der Waals surface area contributed by atoms with Crippen molar-refractivity contribution >= 4 is 21.5 Å². The topological polar surface area (TPSA) is 12.0 Å². The summed E-state index contributed by atoms with van der Waals surface area (Å²) in [7, 11) is 0. The smallest absolute Gasteiger partial charge is 0.115 e. The fraction of sp³-hybridized carbons (Fsp3) is 0.161. The first-order chi connectivity index (χ1) is 16.1. The summed E-state index contributed by atoms with van der Waals surface area (Å²) in [6, 6.07) is 36.3. The molecule has 0 saturated heterocycles. The molecule has 0 amide bonds. The van der Waals surface area contributed by atoms with Crippen LogP contribution in [0.1, 0.15) is 42.6 Å². The van der Waals surface area contributed by atoms with E-state index in [9.17, 15) is 4.39 Å². The van der Waals surface area contributed by atoms with E-state index in [1.165, 1.54) is 38.2 Å². The van der Waals surface area contributed by atoms with Gasteiger partial charge in [0.1, 0.15) is 6.67 Å². The second-order valence-corrected chi connectivity index (χ2v) is 8.80. The summed E-state index contributed by atoms with van der Waals surface area (Å²) >= 11 is 0. The highest BCUT2D eigenvalue weighted by Crippen LogP contribution is 2.34. The quantitative estimate of drug-likeness (QED) is 0.283. The standard InChI is InChI=1S/C31H28FN/c1-21(33-22(2)28-13-7-10-24-8-3-5-11-29(24)28)27-18-26-9-4-6-12-30(26)31(19-27)25-16-14-23(20-32)15-17-25/h3-19,21-22,33H,20H2,1-2H3/t21?,22-/m1/s1. The molecule has 2 atom stereocenters. The summed E-state index contributed by atoms with van der Waals surface area (Å²) in [5.41, 5.74) is 5.55. The van der Waals surface area contributed by atoms with Gasteiger partial charge in [-0.15, -0.1) is 0 Å². The zero-order chi connectivity index (χ0) is 22.8. The number of fused-ring (bicyclic) bond motifs is 2. The van der Waals surface area contributed by atoms with Crippen LogP contribution in [0.3, 0.4) is 0 Å². The SMILES string of the molecule is CC(N[C@H](C)c1cccc2ccccc12)c1cc(-c2ccc(CF)cc2)c2ccccc2c1. The Morgan fingerprint density at radius 3 is 2.09 bits per heavy atom. The highest BCUT2D eigenvalue weighted by molar-refractivity contribution is 5.97. The van der Waals surface area contributed by atoms with Crippen molar-refractivity contribution < 1.29 is 4.39 Å². The van der Waals surface area contributed by atoms with E-state index in [-0.39, 0.29) is 12.1 Å². The lowest BCUT2D eigenvalue weighted by Crippen LogP contribution is -2.22. The van der Waals surface area contributed by atoms with Gasteiger partial charge in [0.15, 0.2) is 0 Å². The Hall–Kier alpha value is -3.49. The minimum Gasteiger partial charge on any atom is -0.304 e. The molecule has 0 radical (unpaired) electrons. The predicted molar refractivity (Wildman–Crippen MR) is 138 cm³/mol. The van der Waals surface area contributed by atoms with Crippen LogP contribution in [0.2, 0.25) is 0 Å². The van der Waals surface area contributed by atoms with E-state index in [4.69, 9.17) is 0 Å². The van der Waals surface area contributed by atoms with E-state index in [2.05, 4.69) is 98.0 Å². The number of nitrogens with one attached hydrogen (secondary N) is 1. The Balaban J connectivity index is 1.51. The van der Waals surface area contributed by atoms with Crippen LogP contribution >= 0.6 is 0 Å². The number of hydrogen-bond acceptors (Lipinski definition) is 1. The van der Waals surface area contributed by atoms with Crippen LogP contribution in [0.15, 0.2) is 103 Å². The number of halogens is 1. The fourth-order valence-corrected chi connectivity index (χ4v) is 4.79. The largest absolute Gasteiger partial charge is 0.304 e. The van der Waals surface area contributed by atoms with Crippen molar-refractivity contribution in [1.82, 2.24) is 5.32 Å². The molecule has 1 nitrogen and oxygen atoms in total. The summed E-state index contributed by atoms with van der Waals surface area (Å²) in [6.07, 6.45) is 0. The van der Waals surface area contributed by atoms with Crippen molar-refractivity contribution in [3.63, 3.8) is 0 Å². The second kappa shape index (κ2) is 9.17. The Labute approximate surface area is 194 Å². The van der Waals surface area contributed by atoms with Gasteiger partial charge >= 0.3 is 0 Å². The van der Waals surface area contributed by atoms with Crippen molar-refractivity contribution in [1.29, 1.82) is 0 Å². The van der Waals surface area contributed by atoms with Crippen molar-refractivity contribution in [3.8, 4) is 11.1 Å². The lowest BCUT2D eigenvalue weighted by Gasteiger charge is -2.23. The van der Waals surface area contributed by atoms with Gasteiger partial charge in [-0.3, -0.25) is 0 Å². The molecule has 0 saturated carbocycles. The maximum Gasteiger partial charge on any atom is 0.115 e. The van der Waals surface area contributed by atoms with Crippen molar-refractivity contribution in [2.75, 3.05) is 0 Å². The maximum absolute atomic E-state index is 13.0. The molecule has 2 heteroatoms. The molecule has 0 aliphatic carbocycles. The maximum atomic E-state index is 13.0. The van der Waals surface area contributed by atoms with Gasteiger partial charge in [-0.2, -0.15) is 0 Å². The molecule has 164 valence electrons. The van der Waals surface area contributed by atoms with Gasteiger partial charge in [0.05, 0.1) is 0 Å². The van der Waals surface area contributed by atoms with E-state index in [0.29, 0.717) is 5.56 Å². The fourth-order valence-electron chi connectivity index (χ4n) is 4.79. The normalized spacial score (nSPS) is 13.3. The zero-order valence-corrected chi connectivity index (χ0v) is 19.1. The Bertz CT molecular complexity index is 1400. The summed E-state index contributed by atoms with van der Waals surface area (Å²) in [6.45, 7) is 4.02. The van der Waals surface area contributed by atoms with Gasteiger partial charge in [0, 0.05) is 12.1 Å². The molecule has 5 rings (SSSR count). The van der Waals surface area contributed by atoms with Crippen LogP contribution in [0.4, 0.5) is 4.39 Å². The number of alkyl halides is 1. The second-order valence-electron chi connectivity index (χ2n) is 8.80. The van der Waals surface area contributed by atoms with Crippen LogP contribution in [0.5, 0.6) is 0 Å². The average Bonchev–Trinajstić information content (AvgIpc) is 2.87. The summed E-state index contributed by atoms with van der Waals surface area (Å²) in [4.78, 5) is 0. The number of rotatable bonds is 6. The minimum atomic E-state index is -0.436. The molecule has 0 aliphatic rings. The van der Waals surface area contributed by atoms with Gasteiger partial charge in [-0.05, 0) is 75.3 Å². The third-order valence-corrected chi connectivity index (χ3v) is 6.59. The van der Waals surface area contributed by atoms with Crippen LogP contribution < -0.4 is 5.32 Å². The third kappa shape index (κ3) is 4.27. The van der Waals surface area contributed by atoms with Crippen LogP contribution in [0.25, 0.3) is 32.7 Å². The minimum absolute atomic E-state index is 0.160. The molecule has 0 heterocycles. The predicted octanol–water partition coefficient (Wildman–Crippen LogP) is 8.54. The molecule has 33 heavy (non-hydrogen) atoms. The van der Waals surface area contributed by atoms with E-state index in [1.807, 2.05) is 24.3 Å². The van der Waals surface area contributed by atoms with Crippen LogP contribution in [0, 0.1) is 0 Å². The first kappa shape index (κ1) is 21.4. The van der Waals surface area contributed by atoms with E-state index in [1.54, 1.807) is 0 Å². The third-order valence-electron chi connectivity index (χ3n) is 6.59. The molecule has 0 fully saturated rings. The van der Waals surface area contributed by atoms with Crippen LogP contribution in [-0.2, 0) is 6.67 Å². The summed E-state index contributed by atoms with van der Waals surface area (Å²) in [5, 5.41) is 8.80. The zero-order valence-electron chi connectivity index (χ0n) is 19.1. The number of hydrogen-bond donors (Lipinski definition) is 1. The summed E-state index contributed by atoms with van der Waals surface area (Å²) in [5.74, 6) is 0. The molecule has 0 aromatic heterocycles. The Morgan fingerprint density at radius 1 is 0.667 bits per heavy atom. The first-order valence-corrected chi connectivity index (χ1v) is 11.6. The van der Waals surface area contributed by atoms with E-state index in [0.717, 1.165) is 5.56 Å². The molecule has 0 bridgehead atoms. The lowest BCUT2D eigenvalue weighted by molar-refractivity contribution is 0.485. The molecule has 1 N–H and O–H groups in total. The molecular weight excluding hydrogens is 405 g/mol. The molecule has 1 unspecified atom stereocenters. The van der Waals surface area contributed by atoms with Gasteiger partial charge in [-0.25, -0.2) is 4.39 Å². The number of benzene rings is 5. The molecule has 0 aliphatic heterocycles. The molecular formula is C31H28FN. The van der Waals surface area contributed by atoms with Crippen molar-refractivity contribution in [2.45, 2.75) is 32.6 Å². The van der Waals surface area contributed by atoms with E-state index >= 15 is 0 Å². The Morgan fingerprint density at radius 2 is 1.33 bits per heavy atom.